The Morgan fingerprint density at radius 1 is 1.03 bits per heavy atom. The molecule has 0 bridgehead atoms. The molecule has 8 nitrogen and oxygen atoms in total. The molecule has 1 saturated heterocycles. The minimum atomic E-state index is -4.11. The van der Waals surface area contributed by atoms with E-state index in [-0.39, 0.29) is 0 Å². The van der Waals surface area contributed by atoms with E-state index in [1.807, 2.05) is 30.3 Å². The first kappa shape index (κ1) is 21.5. The topological polar surface area (TPSA) is 93.4 Å². The van der Waals surface area contributed by atoms with Crippen LogP contribution in [0.5, 0.6) is 0 Å². The highest BCUT2D eigenvalue weighted by molar-refractivity contribution is 7.89. The Labute approximate surface area is 170 Å². The number of hydrogen-bond donors (Lipinski definition) is 1. The van der Waals surface area contributed by atoms with Crippen molar-refractivity contribution >= 4 is 10.0 Å². The van der Waals surface area contributed by atoms with Crippen LogP contribution in [0.25, 0.3) is 0 Å². The molecular weight excluding hydrogens is 392 g/mol. The summed E-state index contributed by atoms with van der Waals surface area (Å²) < 4.78 is 30.7. The number of hydrogen-bond acceptors (Lipinski definition) is 5. The van der Waals surface area contributed by atoms with E-state index in [9.17, 15) is 18.0 Å². The number of piperidine rings is 1. The maximum absolute atomic E-state index is 13.1. The summed E-state index contributed by atoms with van der Waals surface area (Å²) in [6, 6.07) is 8.89. The van der Waals surface area contributed by atoms with Crippen LogP contribution < -0.4 is 16.0 Å². The molecule has 158 valence electrons. The molecule has 1 N–H and O–H groups in total. The summed E-state index contributed by atoms with van der Waals surface area (Å²) in [6.45, 7) is 2.82. The van der Waals surface area contributed by atoms with Gasteiger partial charge in [0.15, 0.2) is 4.90 Å². The van der Waals surface area contributed by atoms with Gasteiger partial charge in [0.05, 0.1) is 0 Å². The smallest absolute Gasteiger partial charge is 0.303 e. The molecule has 1 aliphatic heterocycles. The fraction of sp³-hybridized carbons (Fsp3) is 0.500. The highest BCUT2D eigenvalue weighted by atomic mass is 32.2. The van der Waals surface area contributed by atoms with Crippen molar-refractivity contribution < 1.29 is 8.42 Å². The molecule has 0 amide bonds. The zero-order valence-corrected chi connectivity index (χ0v) is 17.7. The Hall–Kier alpha value is -2.23. The summed E-state index contributed by atoms with van der Waals surface area (Å²) in [6.07, 6.45) is 5.24. The summed E-state index contributed by atoms with van der Waals surface area (Å²) in [5, 5.41) is 0. The van der Waals surface area contributed by atoms with Gasteiger partial charge in [0.25, 0.3) is 5.56 Å². The number of aromatic nitrogens is 2. The van der Waals surface area contributed by atoms with Crippen LogP contribution in [0.1, 0.15) is 37.3 Å². The van der Waals surface area contributed by atoms with Crippen molar-refractivity contribution in [3.8, 4) is 0 Å². The normalized spacial score (nSPS) is 16.6. The van der Waals surface area contributed by atoms with Gasteiger partial charge in [-0.05, 0) is 44.5 Å². The first-order valence-corrected chi connectivity index (χ1v) is 11.3. The average molecular weight is 421 g/mol. The van der Waals surface area contributed by atoms with E-state index >= 15 is 0 Å². The molecule has 0 spiro atoms. The highest BCUT2D eigenvalue weighted by Crippen LogP contribution is 2.21. The number of sulfonamides is 1. The second kappa shape index (κ2) is 9.06. The lowest BCUT2D eigenvalue weighted by molar-refractivity contribution is 0.219. The van der Waals surface area contributed by atoms with Crippen molar-refractivity contribution in [3.05, 3.63) is 62.9 Å². The van der Waals surface area contributed by atoms with Crippen LogP contribution in [-0.2, 0) is 24.1 Å². The first-order chi connectivity index (χ1) is 13.8. The van der Waals surface area contributed by atoms with Crippen LogP contribution in [0, 0.1) is 0 Å². The van der Waals surface area contributed by atoms with Gasteiger partial charge in [-0.25, -0.2) is 17.9 Å². The fourth-order valence-electron chi connectivity index (χ4n) is 3.68. The first-order valence-electron chi connectivity index (χ1n) is 9.86. The number of aryl methyl sites for hydroxylation is 1. The van der Waals surface area contributed by atoms with E-state index in [2.05, 4.69) is 9.62 Å². The second-order valence-electron chi connectivity index (χ2n) is 7.53. The van der Waals surface area contributed by atoms with Gasteiger partial charge in [-0.1, -0.05) is 36.8 Å². The lowest BCUT2D eigenvalue weighted by atomic mass is 10.0. The third kappa shape index (κ3) is 5.04. The van der Waals surface area contributed by atoms with Crippen molar-refractivity contribution in [1.29, 1.82) is 0 Å². The van der Waals surface area contributed by atoms with E-state index in [1.54, 1.807) is 0 Å². The zero-order chi connectivity index (χ0) is 21.0. The predicted octanol–water partition coefficient (Wildman–Crippen LogP) is 0.980. The van der Waals surface area contributed by atoms with Crippen LogP contribution >= 0.6 is 0 Å². The van der Waals surface area contributed by atoms with Gasteiger partial charge < -0.3 is 9.47 Å². The molecule has 1 aromatic heterocycles. The van der Waals surface area contributed by atoms with Crippen LogP contribution in [0.3, 0.4) is 0 Å². The minimum absolute atomic E-state index is 0.430. The molecule has 1 aliphatic rings. The van der Waals surface area contributed by atoms with Crippen LogP contribution in [-0.4, -0.2) is 42.1 Å². The van der Waals surface area contributed by atoms with Gasteiger partial charge in [0, 0.05) is 26.3 Å². The van der Waals surface area contributed by atoms with E-state index in [0.717, 1.165) is 53.4 Å². The average Bonchev–Trinajstić information content (AvgIpc) is 2.73. The van der Waals surface area contributed by atoms with Crippen LogP contribution in [0.2, 0.25) is 0 Å². The predicted molar refractivity (Wildman–Crippen MR) is 111 cm³/mol. The second-order valence-corrected chi connectivity index (χ2v) is 9.21. The molecule has 2 aromatic rings. The van der Waals surface area contributed by atoms with Crippen molar-refractivity contribution in [3.63, 3.8) is 0 Å². The Bertz CT molecular complexity index is 1050. The fourth-order valence-corrected chi connectivity index (χ4v) is 5.10. The van der Waals surface area contributed by atoms with Crippen molar-refractivity contribution in [2.45, 2.75) is 36.6 Å². The molecule has 0 saturated carbocycles. The maximum atomic E-state index is 13.1. The number of nitrogens with zero attached hydrogens (tertiary/aromatic N) is 3. The monoisotopic (exact) mass is 420 g/mol. The highest BCUT2D eigenvalue weighted by Gasteiger charge is 2.26. The van der Waals surface area contributed by atoms with E-state index in [4.69, 9.17) is 0 Å². The van der Waals surface area contributed by atoms with Crippen molar-refractivity contribution in [2.75, 3.05) is 19.6 Å². The van der Waals surface area contributed by atoms with Crippen molar-refractivity contribution in [2.24, 2.45) is 14.1 Å². The summed E-state index contributed by atoms with van der Waals surface area (Å²) in [4.78, 5) is 26.2. The van der Waals surface area contributed by atoms with Gasteiger partial charge in [-0.3, -0.25) is 9.36 Å². The van der Waals surface area contributed by atoms with Gasteiger partial charge in [-0.15, -0.1) is 0 Å². The lowest BCUT2D eigenvalue weighted by Crippen LogP contribution is -2.42. The largest absolute Gasteiger partial charge is 0.330 e. The van der Waals surface area contributed by atoms with Gasteiger partial charge in [-0.2, -0.15) is 0 Å². The molecule has 0 unspecified atom stereocenters. The molecule has 1 fully saturated rings. The molecule has 29 heavy (non-hydrogen) atoms. The van der Waals surface area contributed by atoms with Crippen LogP contribution in [0.15, 0.2) is 51.0 Å². The quantitative estimate of drug-likeness (QED) is 0.721. The lowest BCUT2D eigenvalue weighted by Gasteiger charge is -2.28. The van der Waals surface area contributed by atoms with E-state index in [1.165, 1.54) is 20.5 Å². The number of benzene rings is 1. The van der Waals surface area contributed by atoms with Crippen LogP contribution in [0.4, 0.5) is 0 Å². The van der Waals surface area contributed by atoms with Crippen molar-refractivity contribution in [1.82, 2.24) is 18.8 Å². The standard InChI is InChI=1S/C20H28N4O4S/c1-22-15-18(19(25)23(2)20(22)26)29(27,28)21-17(16-9-5-3-6-10-16)11-14-24-12-7-4-8-13-24/h3,5-6,9-10,15,17,21H,4,7-8,11-14H2,1-2H3/t17-/m0/s1. The molecular formula is C20H28N4O4S. The SMILES string of the molecule is Cn1cc(S(=O)(=O)N[C@@H](CCN2CCCCC2)c2ccccc2)c(=O)n(C)c1=O. The number of likely N-dealkylation sites (tertiary alicyclic amines) is 1. The van der Waals surface area contributed by atoms with Gasteiger partial charge in [0.2, 0.25) is 10.0 Å². The maximum Gasteiger partial charge on any atom is 0.330 e. The van der Waals surface area contributed by atoms with E-state index < -0.39 is 32.2 Å². The minimum Gasteiger partial charge on any atom is -0.303 e. The molecule has 2 heterocycles. The Morgan fingerprint density at radius 2 is 1.69 bits per heavy atom. The molecule has 0 radical (unpaired) electrons. The molecule has 0 aliphatic carbocycles. The van der Waals surface area contributed by atoms with Gasteiger partial charge in [0.1, 0.15) is 0 Å². The van der Waals surface area contributed by atoms with E-state index in [0.29, 0.717) is 6.42 Å². The Kier molecular flexibility index (Phi) is 6.71. The summed E-state index contributed by atoms with van der Waals surface area (Å²) in [5.74, 6) is 0. The molecule has 9 heteroatoms. The third-order valence-corrected chi connectivity index (χ3v) is 6.84. The zero-order valence-electron chi connectivity index (χ0n) is 16.9. The Morgan fingerprint density at radius 3 is 2.34 bits per heavy atom. The Balaban J connectivity index is 1.88. The summed E-state index contributed by atoms with van der Waals surface area (Å²) in [7, 11) is -1.42. The third-order valence-electron chi connectivity index (χ3n) is 5.39. The molecule has 1 aromatic carbocycles. The number of nitrogens with one attached hydrogen (secondary N) is 1. The molecule has 1 atom stereocenters. The van der Waals surface area contributed by atoms with Gasteiger partial charge >= 0.3 is 5.69 Å². The molecule has 3 rings (SSSR count). The number of rotatable bonds is 7. The summed E-state index contributed by atoms with van der Waals surface area (Å²) in [5.41, 5.74) is -0.558. The summed E-state index contributed by atoms with van der Waals surface area (Å²) >= 11 is 0.